The van der Waals surface area contributed by atoms with E-state index in [4.69, 9.17) is 15.2 Å². The Balaban J connectivity index is 1.80. The lowest BCUT2D eigenvalue weighted by atomic mass is 9.78. The molecule has 9 heteroatoms. The minimum absolute atomic E-state index is 0.0000717. The summed E-state index contributed by atoms with van der Waals surface area (Å²) in [7, 11) is 0. The number of rotatable bonds is 20. The second kappa shape index (κ2) is 16.7. The maximum atomic E-state index is 11.1. The van der Waals surface area contributed by atoms with E-state index < -0.39 is 30.3 Å². The third kappa shape index (κ3) is 11.9. The van der Waals surface area contributed by atoms with E-state index in [2.05, 4.69) is 50.8 Å². The lowest BCUT2D eigenvalue weighted by molar-refractivity contribution is -0.289. The third-order valence-electron chi connectivity index (χ3n) is 7.92. The highest BCUT2D eigenvalue weighted by Crippen LogP contribution is 2.36. The predicted octanol–water partition coefficient (Wildman–Crippen LogP) is 3.60. The maximum Gasteiger partial charge on any atom is 0.177 e. The van der Waals surface area contributed by atoms with Gasteiger partial charge in [-0.1, -0.05) is 57.5 Å². The molecule has 0 aliphatic carbocycles. The molecule has 1 aromatic rings. The first-order valence-corrected chi connectivity index (χ1v) is 15.2. The Kier molecular flexibility index (Phi) is 14.4. The van der Waals surface area contributed by atoms with E-state index in [0.717, 1.165) is 31.3 Å². The molecule has 1 aromatic carbocycles. The standard InChI is InChI=1S/C33H55N3O6/c1-25(21-37)33(40,30(22-38)26(2)39)41-17-11-10-15-31(3,4)24-32(5,6)42-23-28-14-16-35-36(19-28)20-29(34)18-27-12-8-7-9-13-27/h7-9,12-14,19,25-26,29-30,37-40H,10-11,15,17-18,20-24,34H2,1-6H3. The molecule has 1 aliphatic heterocycles. The SMILES string of the molecule is CC(O)C(CO)C(O)(OCCCCC(C)(C)CC(C)(C)OCC1=CN(CC(N)Cc2ccccc2)N=C=C1)C(C)CO. The fourth-order valence-corrected chi connectivity index (χ4v) is 5.72. The molecule has 0 bridgehead atoms. The Morgan fingerprint density at radius 1 is 1.02 bits per heavy atom. The van der Waals surface area contributed by atoms with Crippen LogP contribution in [0.5, 0.6) is 0 Å². The number of unbranched alkanes of at least 4 members (excludes halogenated alkanes) is 1. The molecule has 0 aromatic heterocycles. The number of hydrazone groups is 1. The Labute approximate surface area is 252 Å². The van der Waals surface area contributed by atoms with Crippen LogP contribution < -0.4 is 5.73 Å². The van der Waals surface area contributed by atoms with Crippen molar-refractivity contribution in [2.24, 2.45) is 28.1 Å². The zero-order valence-corrected chi connectivity index (χ0v) is 26.5. The molecule has 238 valence electrons. The average molecular weight is 590 g/mol. The molecule has 6 N–H and O–H groups in total. The number of nitrogens with zero attached hydrogens (tertiary/aromatic N) is 2. The quantitative estimate of drug-likeness (QED) is 0.115. The van der Waals surface area contributed by atoms with Gasteiger partial charge in [-0.3, -0.25) is 5.01 Å². The molecule has 9 nitrogen and oxygen atoms in total. The van der Waals surface area contributed by atoms with E-state index in [1.807, 2.05) is 35.5 Å². The van der Waals surface area contributed by atoms with Gasteiger partial charge in [0.2, 0.25) is 0 Å². The van der Waals surface area contributed by atoms with Gasteiger partial charge in [-0.05, 0) is 57.4 Å². The van der Waals surface area contributed by atoms with Crippen LogP contribution in [0.4, 0.5) is 0 Å². The van der Waals surface area contributed by atoms with Crippen molar-refractivity contribution in [3.63, 3.8) is 0 Å². The van der Waals surface area contributed by atoms with E-state index in [9.17, 15) is 20.4 Å². The Morgan fingerprint density at radius 3 is 2.33 bits per heavy atom. The molecule has 0 spiro atoms. The Hall–Kier alpha value is -2.07. The molecule has 1 aliphatic rings. The van der Waals surface area contributed by atoms with Gasteiger partial charge in [0.1, 0.15) is 0 Å². The van der Waals surface area contributed by atoms with Gasteiger partial charge in [0.05, 0.1) is 50.6 Å². The van der Waals surface area contributed by atoms with Gasteiger partial charge in [-0.15, -0.1) is 5.10 Å². The lowest BCUT2D eigenvalue weighted by Gasteiger charge is -2.40. The van der Waals surface area contributed by atoms with Crippen molar-refractivity contribution in [2.45, 2.75) is 97.2 Å². The third-order valence-corrected chi connectivity index (χ3v) is 7.92. The molecular weight excluding hydrogens is 534 g/mol. The minimum Gasteiger partial charge on any atom is -0.396 e. The van der Waals surface area contributed by atoms with Crippen molar-refractivity contribution < 1.29 is 29.9 Å². The van der Waals surface area contributed by atoms with Crippen molar-refractivity contribution in [3.05, 3.63) is 53.7 Å². The van der Waals surface area contributed by atoms with Gasteiger partial charge in [0.25, 0.3) is 0 Å². The molecule has 0 amide bonds. The van der Waals surface area contributed by atoms with Crippen molar-refractivity contribution in [1.29, 1.82) is 0 Å². The molecule has 1 heterocycles. The summed E-state index contributed by atoms with van der Waals surface area (Å²) in [4.78, 5) is 0. The van der Waals surface area contributed by atoms with E-state index >= 15 is 0 Å². The summed E-state index contributed by atoms with van der Waals surface area (Å²) in [5.74, 6) is -0.405. The van der Waals surface area contributed by atoms with Crippen molar-refractivity contribution in [2.75, 3.05) is 33.0 Å². The summed E-state index contributed by atoms with van der Waals surface area (Å²) in [5, 5.41) is 46.5. The summed E-state index contributed by atoms with van der Waals surface area (Å²) >= 11 is 0. The predicted molar refractivity (Wildman–Crippen MR) is 167 cm³/mol. The highest BCUT2D eigenvalue weighted by Gasteiger charge is 2.44. The number of aliphatic hydroxyl groups excluding tert-OH is 3. The van der Waals surface area contributed by atoms with E-state index in [1.54, 1.807) is 6.92 Å². The smallest absolute Gasteiger partial charge is 0.177 e. The van der Waals surface area contributed by atoms with Crippen molar-refractivity contribution >= 4 is 5.87 Å². The molecule has 0 saturated heterocycles. The van der Waals surface area contributed by atoms with Gasteiger partial charge in [-0.2, -0.15) is 0 Å². The van der Waals surface area contributed by atoms with Crippen LogP contribution in [0.2, 0.25) is 0 Å². The fourth-order valence-electron chi connectivity index (χ4n) is 5.72. The minimum atomic E-state index is -1.81. The molecule has 5 atom stereocenters. The van der Waals surface area contributed by atoms with Crippen LogP contribution in [0, 0.1) is 17.3 Å². The second-order valence-electron chi connectivity index (χ2n) is 13.2. The van der Waals surface area contributed by atoms with Gasteiger partial charge in [0, 0.05) is 35.7 Å². The number of nitrogens with two attached hydrogens (primary N) is 1. The monoisotopic (exact) mass is 589 g/mol. The average Bonchev–Trinajstić information content (AvgIpc) is 2.91. The number of aliphatic hydroxyl groups is 4. The first-order valence-electron chi connectivity index (χ1n) is 15.2. The molecular formula is C33H55N3O6. The summed E-state index contributed by atoms with van der Waals surface area (Å²) < 4.78 is 12.2. The van der Waals surface area contributed by atoms with Crippen LogP contribution >= 0.6 is 0 Å². The van der Waals surface area contributed by atoms with Gasteiger partial charge < -0.3 is 35.6 Å². The maximum absolute atomic E-state index is 11.1. The van der Waals surface area contributed by atoms with Gasteiger partial charge >= 0.3 is 0 Å². The normalized spacial score (nSPS) is 18.4. The molecule has 42 heavy (non-hydrogen) atoms. The number of ether oxygens (including phenoxy) is 2. The Bertz CT molecular complexity index is 1020. The molecule has 0 radical (unpaired) electrons. The van der Waals surface area contributed by atoms with Gasteiger partial charge in [-0.25, -0.2) is 0 Å². The summed E-state index contributed by atoms with van der Waals surface area (Å²) in [6.45, 7) is 12.3. The fraction of sp³-hybridized carbons (Fsp3) is 0.697. The van der Waals surface area contributed by atoms with Crippen LogP contribution in [0.25, 0.3) is 0 Å². The second-order valence-corrected chi connectivity index (χ2v) is 13.2. The molecule has 0 saturated carbocycles. The zero-order valence-electron chi connectivity index (χ0n) is 26.5. The lowest BCUT2D eigenvalue weighted by Crippen LogP contribution is -2.53. The topological polar surface area (TPSA) is 141 Å². The molecule has 2 rings (SSSR count). The molecule has 0 fully saturated rings. The summed E-state index contributed by atoms with van der Waals surface area (Å²) in [6, 6.07) is 10.1. The van der Waals surface area contributed by atoms with E-state index in [0.29, 0.717) is 19.6 Å². The van der Waals surface area contributed by atoms with Gasteiger partial charge in [0.15, 0.2) is 5.79 Å². The summed E-state index contributed by atoms with van der Waals surface area (Å²) in [6.07, 6.45) is 6.95. The number of hydrogen-bond donors (Lipinski definition) is 5. The zero-order chi connectivity index (χ0) is 31.4. The number of benzene rings is 1. The van der Waals surface area contributed by atoms with Crippen molar-refractivity contribution in [1.82, 2.24) is 5.01 Å². The van der Waals surface area contributed by atoms with Crippen LogP contribution in [-0.2, 0) is 15.9 Å². The molecule has 5 unspecified atom stereocenters. The summed E-state index contributed by atoms with van der Waals surface area (Å²) in [5.41, 5.74) is 8.21. The number of hydrogen-bond acceptors (Lipinski definition) is 9. The first kappa shape index (κ1) is 36.1. The van der Waals surface area contributed by atoms with Crippen LogP contribution in [0.3, 0.4) is 0 Å². The highest BCUT2D eigenvalue weighted by atomic mass is 16.6. The highest BCUT2D eigenvalue weighted by molar-refractivity contribution is 5.58. The first-order chi connectivity index (χ1) is 19.7. The van der Waals surface area contributed by atoms with E-state index in [-0.39, 0.29) is 30.3 Å². The van der Waals surface area contributed by atoms with E-state index in [1.165, 1.54) is 12.5 Å². The van der Waals surface area contributed by atoms with Crippen LogP contribution in [-0.4, -0.2) is 87.8 Å². The van der Waals surface area contributed by atoms with Crippen LogP contribution in [0.1, 0.15) is 72.8 Å². The Morgan fingerprint density at radius 2 is 1.71 bits per heavy atom. The van der Waals surface area contributed by atoms with Crippen LogP contribution in [0.15, 0.2) is 53.3 Å². The van der Waals surface area contributed by atoms with Crippen molar-refractivity contribution in [3.8, 4) is 0 Å². The largest absolute Gasteiger partial charge is 0.396 e.